The van der Waals surface area contributed by atoms with Crippen molar-refractivity contribution in [3.8, 4) is 5.82 Å². The van der Waals surface area contributed by atoms with E-state index in [0.29, 0.717) is 25.5 Å². The molecule has 1 saturated heterocycles. The summed E-state index contributed by atoms with van der Waals surface area (Å²) < 4.78 is 1.66. The number of carbonyl (C=O) groups excluding carboxylic acids is 2. The number of rotatable bonds is 4. The summed E-state index contributed by atoms with van der Waals surface area (Å²) in [4.78, 5) is 29.5. The molecule has 0 spiro atoms. The second-order valence-electron chi connectivity index (χ2n) is 5.78. The van der Waals surface area contributed by atoms with Gasteiger partial charge in [-0.1, -0.05) is 6.07 Å². The van der Waals surface area contributed by atoms with Crippen LogP contribution < -0.4 is 11.1 Å². The topological polar surface area (TPSA) is 106 Å². The van der Waals surface area contributed by atoms with E-state index in [2.05, 4.69) is 15.4 Å². The number of piperidine rings is 1. The molecule has 1 fully saturated rings. The van der Waals surface area contributed by atoms with Crippen LogP contribution in [0.1, 0.15) is 18.4 Å². The van der Waals surface area contributed by atoms with Crippen LogP contribution in [0.15, 0.2) is 36.8 Å². The predicted octanol–water partition coefficient (Wildman–Crippen LogP) is 0.674. The van der Waals surface area contributed by atoms with Crippen molar-refractivity contribution in [2.45, 2.75) is 19.4 Å². The van der Waals surface area contributed by atoms with Crippen molar-refractivity contribution in [3.63, 3.8) is 0 Å². The smallest absolute Gasteiger partial charge is 0.314 e. The molecule has 2 aromatic heterocycles. The third-order valence-electron chi connectivity index (χ3n) is 4.15. The maximum absolute atomic E-state index is 12.4. The fraction of sp³-hybridized carbons (Fsp3) is 0.375. The molecule has 8 heteroatoms. The van der Waals surface area contributed by atoms with E-state index in [1.54, 1.807) is 23.3 Å². The van der Waals surface area contributed by atoms with Crippen molar-refractivity contribution in [1.82, 2.24) is 25.0 Å². The molecule has 1 aliphatic rings. The highest BCUT2D eigenvalue weighted by molar-refractivity contribution is 5.80. The third kappa shape index (κ3) is 3.53. The van der Waals surface area contributed by atoms with Crippen molar-refractivity contribution in [2.24, 2.45) is 11.7 Å². The number of nitrogens with one attached hydrogen (secondary N) is 1. The fourth-order valence-electron chi connectivity index (χ4n) is 2.89. The number of carbonyl (C=O) groups is 2. The SMILES string of the molecule is NC(=O)N1CCC[C@@H](C(=O)NCc2cccnc2-n2cccn2)C1. The standard InChI is InChI=1S/C16H20N6O2/c17-16(24)21-8-2-5-13(11-21)15(23)19-10-12-4-1-6-18-14(12)22-9-3-7-20-22/h1,3-4,6-7,9,13H,2,5,8,10-11H2,(H2,17,24)(H,19,23)/t13-/m1/s1. The summed E-state index contributed by atoms with van der Waals surface area (Å²) in [6.45, 7) is 1.35. The molecule has 0 radical (unpaired) electrons. The van der Waals surface area contributed by atoms with Gasteiger partial charge in [0.05, 0.1) is 5.92 Å². The van der Waals surface area contributed by atoms with E-state index in [1.165, 1.54) is 4.90 Å². The van der Waals surface area contributed by atoms with Crippen LogP contribution in [-0.2, 0) is 11.3 Å². The van der Waals surface area contributed by atoms with Crippen molar-refractivity contribution in [2.75, 3.05) is 13.1 Å². The van der Waals surface area contributed by atoms with Gasteiger partial charge in [0.2, 0.25) is 5.91 Å². The lowest BCUT2D eigenvalue weighted by atomic mass is 9.97. The summed E-state index contributed by atoms with van der Waals surface area (Å²) in [5.74, 6) is 0.387. The van der Waals surface area contributed by atoms with Crippen molar-refractivity contribution in [3.05, 3.63) is 42.4 Å². The quantitative estimate of drug-likeness (QED) is 0.860. The van der Waals surface area contributed by atoms with Gasteiger partial charge in [-0.15, -0.1) is 0 Å². The molecule has 3 heterocycles. The molecule has 0 saturated carbocycles. The number of primary amides is 1. The summed E-state index contributed by atoms with van der Waals surface area (Å²) in [7, 11) is 0. The Morgan fingerprint density at radius 3 is 2.96 bits per heavy atom. The minimum Gasteiger partial charge on any atom is -0.352 e. The van der Waals surface area contributed by atoms with E-state index in [9.17, 15) is 9.59 Å². The van der Waals surface area contributed by atoms with E-state index in [4.69, 9.17) is 5.73 Å². The Kier molecular flexibility index (Phi) is 4.74. The van der Waals surface area contributed by atoms with Crippen LogP contribution in [0.4, 0.5) is 4.79 Å². The Labute approximate surface area is 139 Å². The normalized spacial score (nSPS) is 17.5. The molecule has 0 unspecified atom stereocenters. The van der Waals surface area contributed by atoms with Gasteiger partial charge in [-0.05, 0) is 25.0 Å². The summed E-state index contributed by atoms with van der Waals surface area (Å²) in [5, 5.41) is 7.11. The van der Waals surface area contributed by atoms with Gasteiger partial charge in [0.15, 0.2) is 5.82 Å². The minimum atomic E-state index is -0.472. The monoisotopic (exact) mass is 328 g/mol. The molecule has 3 amide bonds. The van der Waals surface area contributed by atoms with Crippen molar-refractivity contribution >= 4 is 11.9 Å². The molecule has 8 nitrogen and oxygen atoms in total. The first-order valence-electron chi connectivity index (χ1n) is 7.91. The lowest BCUT2D eigenvalue weighted by Crippen LogP contribution is -2.47. The van der Waals surface area contributed by atoms with E-state index in [1.807, 2.05) is 18.2 Å². The molecule has 1 atom stereocenters. The predicted molar refractivity (Wildman–Crippen MR) is 87.1 cm³/mol. The number of aromatic nitrogens is 3. The Balaban J connectivity index is 1.64. The summed E-state index contributed by atoms with van der Waals surface area (Å²) in [5.41, 5.74) is 6.18. The Morgan fingerprint density at radius 2 is 2.21 bits per heavy atom. The number of urea groups is 1. The van der Waals surface area contributed by atoms with Crippen LogP contribution in [0, 0.1) is 5.92 Å². The summed E-state index contributed by atoms with van der Waals surface area (Å²) >= 11 is 0. The highest BCUT2D eigenvalue weighted by atomic mass is 16.2. The van der Waals surface area contributed by atoms with E-state index >= 15 is 0 Å². The Hall–Kier alpha value is -2.90. The van der Waals surface area contributed by atoms with Gasteiger partial charge in [-0.25, -0.2) is 14.5 Å². The molecular weight excluding hydrogens is 308 g/mol. The minimum absolute atomic E-state index is 0.0729. The van der Waals surface area contributed by atoms with Gasteiger partial charge in [-0.3, -0.25) is 4.79 Å². The second-order valence-corrected chi connectivity index (χ2v) is 5.78. The molecule has 3 rings (SSSR count). The summed E-state index contributed by atoms with van der Waals surface area (Å²) in [6, 6.07) is 5.07. The molecule has 24 heavy (non-hydrogen) atoms. The van der Waals surface area contributed by atoms with Crippen LogP contribution in [0.5, 0.6) is 0 Å². The van der Waals surface area contributed by atoms with E-state index in [0.717, 1.165) is 18.4 Å². The first kappa shape index (κ1) is 16.0. The Bertz CT molecular complexity index is 715. The second kappa shape index (κ2) is 7.12. The zero-order chi connectivity index (χ0) is 16.9. The average Bonchev–Trinajstić information content (AvgIpc) is 3.14. The zero-order valence-corrected chi connectivity index (χ0v) is 13.3. The number of amides is 3. The largest absolute Gasteiger partial charge is 0.352 e. The average molecular weight is 328 g/mol. The number of hydrogen-bond acceptors (Lipinski definition) is 4. The molecule has 3 N–H and O–H groups in total. The number of likely N-dealkylation sites (tertiary alicyclic amines) is 1. The van der Waals surface area contributed by atoms with Gasteiger partial charge in [0, 0.05) is 43.8 Å². The number of nitrogens with two attached hydrogens (primary N) is 1. The van der Waals surface area contributed by atoms with Gasteiger partial charge in [-0.2, -0.15) is 5.10 Å². The van der Waals surface area contributed by atoms with Crippen LogP contribution in [-0.4, -0.2) is 44.7 Å². The molecule has 2 aromatic rings. The first-order chi connectivity index (χ1) is 11.6. The lowest BCUT2D eigenvalue weighted by Gasteiger charge is -2.30. The van der Waals surface area contributed by atoms with Crippen molar-refractivity contribution < 1.29 is 9.59 Å². The molecule has 126 valence electrons. The maximum Gasteiger partial charge on any atom is 0.314 e. The zero-order valence-electron chi connectivity index (χ0n) is 13.3. The summed E-state index contributed by atoms with van der Waals surface area (Å²) in [6.07, 6.45) is 6.71. The van der Waals surface area contributed by atoms with Gasteiger partial charge < -0.3 is 16.0 Å². The van der Waals surface area contributed by atoms with Crippen LogP contribution >= 0.6 is 0 Å². The van der Waals surface area contributed by atoms with Gasteiger partial charge in [0.1, 0.15) is 0 Å². The third-order valence-corrected chi connectivity index (χ3v) is 4.15. The van der Waals surface area contributed by atoms with Gasteiger partial charge in [0.25, 0.3) is 0 Å². The highest BCUT2D eigenvalue weighted by Gasteiger charge is 2.27. The Morgan fingerprint density at radius 1 is 1.33 bits per heavy atom. The number of hydrogen-bond donors (Lipinski definition) is 2. The van der Waals surface area contributed by atoms with Crippen molar-refractivity contribution in [1.29, 1.82) is 0 Å². The maximum atomic E-state index is 12.4. The molecular formula is C16H20N6O2. The fourth-order valence-corrected chi connectivity index (χ4v) is 2.89. The van der Waals surface area contributed by atoms with E-state index < -0.39 is 6.03 Å². The van der Waals surface area contributed by atoms with E-state index in [-0.39, 0.29) is 11.8 Å². The van der Waals surface area contributed by atoms with Crippen LogP contribution in [0.3, 0.4) is 0 Å². The lowest BCUT2D eigenvalue weighted by molar-refractivity contribution is -0.126. The molecule has 0 bridgehead atoms. The molecule has 0 aromatic carbocycles. The number of nitrogens with zero attached hydrogens (tertiary/aromatic N) is 4. The molecule has 1 aliphatic heterocycles. The van der Waals surface area contributed by atoms with Crippen LogP contribution in [0.25, 0.3) is 5.82 Å². The molecule has 0 aliphatic carbocycles. The van der Waals surface area contributed by atoms with Gasteiger partial charge >= 0.3 is 6.03 Å². The highest BCUT2D eigenvalue weighted by Crippen LogP contribution is 2.17. The van der Waals surface area contributed by atoms with Crippen LogP contribution in [0.2, 0.25) is 0 Å². The number of pyridine rings is 1. The first-order valence-corrected chi connectivity index (χ1v) is 7.91.